The highest BCUT2D eigenvalue weighted by Crippen LogP contribution is 2.35. The maximum Gasteiger partial charge on any atom is 0.308 e. The number of likely N-dealkylation sites (tertiary alicyclic amines) is 1. The minimum absolute atomic E-state index is 0.0344. The van der Waals surface area contributed by atoms with E-state index in [-0.39, 0.29) is 36.6 Å². The molecule has 1 aromatic rings. The third-order valence-electron chi connectivity index (χ3n) is 5.33. The number of nitrogens with zero attached hydrogens (tertiary/aromatic N) is 1. The number of hydrogen-bond acceptors (Lipinski definition) is 7. The summed E-state index contributed by atoms with van der Waals surface area (Å²) in [4.78, 5) is 49.9. The third-order valence-corrected chi connectivity index (χ3v) is 5.33. The van der Waals surface area contributed by atoms with Gasteiger partial charge in [-0.25, -0.2) is 0 Å². The lowest BCUT2D eigenvalue weighted by molar-refractivity contribution is -0.148. The van der Waals surface area contributed by atoms with Crippen molar-refractivity contribution >= 4 is 29.4 Å². The summed E-state index contributed by atoms with van der Waals surface area (Å²) >= 11 is 0. The number of carbonyl (C=O) groups excluding carboxylic acids is 4. The number of esters is 1. The normalized spacial score (nSPS) is 21.9. The van der Waals surface area contributed by atoms with Crippen molar-refractivity contribution in [3.05, 3.63) is 30.4 Å². The highest BCUT2D eigenvalue weighted by Gasteiger charge is 2.46. The highest BCUT2D eigenvalue weighted by atomic mass is 16.6. The molecule has 30 heavy (non-hydrogen) atoms. The lowest BCUT2D eigenvalue weighted by Crippen LogP contribution is -2.33. The van der Waals surface area contributed by atoms with E-state index >= 15 is 0 Å². The van der Waals surface area contributed by atoms with E-state index in [1.54, 1.807) is 18.2 Å². The first-order valence-electron chi connectivity index (χ1n) is 9.88. The minimum Gasteiger partial charge on any atom is -0.486 e. The molecule has 1 aliphatic carbocycles. The largest absolute Gasteiger partial charge is 0.486 e. The third kappa shape index (κ3) is 4.14. The zero-order chi connectivity index (χ0) is 21.1. The van der Waals surface area contributed by atoms with E-state index in [1.807, 2.05) is 12.2 Å². The Kier molecular flexibility index (Phi) is 5.69. The number of fused-ring (bicyclic) bond motifs is 2. The number of amides is 3. The molecule has 0 unspecified atom stereocenters. The van der Waals surface area contributed by atoms with Gasteiger partial charge in [-0.2, -0.15) is 0 Å². The van der Waals surface area contributed by atoms with Gasteiger partial charge in [0.05, 0.1) is 18.3 Å². The van der Waals surface area contributed by atoms with Gasteiger partial charge in [0.15, 0.2) is 18.1 Å². The molecular formula is C21H22N2O7. The van der Waals surface area contributed by atoms with E-state index in [9.17, 15) is 19.2 Å². The van der Waals surface area contributed by atoms with E-state index in [2.05, 4.69) is 5.32 Å². The first-order valence-corrected chi connectivity index (χ1v) is 9.88. The number of carbonyl (C=O) groups is 4. The number of hydrogen-bond donors (Lipinski definition) is 1. The van der Waals surface area contributed by atoms with Gasteiger partial charge in [-0.05, 0) is 25.0 Å². The fraction of sp³-hybridized carbons (Fsp3) is 0.429. The van der Waals surface area contributed by atoms with Gasteiger partial charge in [0.25, 0.3) is 5.91 Å². The molecule has 9 heteroatoms. The van der Waals surface area contributed by atoms with E-state index in [0.717, 1.165) is 4.90 Å². The van der Waals surface area contributed by atoms with Crippen molar-refractivity contribution in [3.8, 4) is 11.5 Å². The molecule has 3 aliphatic rings. The molecule has 4 rings (SSSR count). The van der Waals surface area contributed by atoms with Crippen molar-refractivity contribution in [2.24, 2.45) is 11.8 Å². The molecule has 0 saturated carbocycles. The summed E-state index contributed by atoms with van der Waals surface area (Å²) in [6.07, 6.45) is 4.77. The van der Waals surface area contributed by atoms with Gasteiger partial charge in [0, 0.05) is 18.3 Å². The number of nitrogens with one attached hydrogen (secondary N) is 1. The SMILES string of the molecule is O=C(COC(=O)CCN1C(=O)[C@H]2CC=CC[C@@H]2C1=O)Nc1ccc2c(c1)OCCO2. The maximum absolute atomic E-state index is 12.4. The summed E-state index contributed by atoms with van der Waals surface area (Å²) in [5, 5.41) is 2.62. The summed E-state index contributed by atoms with van der Waals surface area (Å²) in [5.41, 5.74) is 0.491. The standard InChI is InChI=1S/C21H22N2O7/c24-18(22-13-5-6-16-17(11-13)29-10-9-28-16)12-30-19(25)7-8-23-20(26)14-3-1-2-4-15(14)21(23)27/h1-2,5-6,11,14-15H,3-4,7-10,12H2,(H,22,24)/t14-,15-/m0/s1. The molecule has 0 radical (unpaired) electrons. The van der Waals surface area contributed by atoms with Crippen molar-refractivity contribution in [1.29, 1.82) is 0 Å². The Balaban J connectivity index is 1.22. The van der Waals surface area contributed by atoms with Crippen molar-refractivity contribution in [3.63, 3.8) is 0 Å². The molecule has 9 nitrogen and oxygen atoms in total. The number of imide groups is 1. The Morgan fingerprint density at radius 1 is 1.03 bits per heavy atom. The Morgan fingerprint density at radius 2 is 1.70 bits per heavy atom. The summed E-state index contributed by atoms with van der Waals surface area (Å²) in [6.45, 7) is 0.404. The molecule has 2 heterocycles. The van der Waals surface area contributed by atoms with Crippen LogP contribution in [-0.2, 0) is 23.9 Å². The van der Waals surface area contributed by atoms with Gasteiger partial charge < -0.3 is 19.5 Å². The predicted molar refractivity (Wildman–Crippen MR) is 104 cm³/mol. The van der Waals surface area contributed by atoms with Crippen LogP contribution in [0.2, 0.25) is 0 Å². The number of ether oxygens (including phenoxy) is 3. The first kappa shape index (κ1) is 19.9. The van der Waals surface area contributed by atoms with Crippen LogP contribution in [0.5, 0.6) is 11.5 Å². The topological polar surface area (TPSA) is 111 Å². The molecule has 0 bridgehead atoms. The number of anilines is 1. The lowest BCUT2D eigenvalue weighted by Gasteiger charge is -2.19. The highest BCUT2D eigenvalue weighted by molar-refractivity contribution is 6.05. The second-order valence-corrected chi connectivity index (χ2v) is 7.30. The first-order chi connectivity index (χ1) is 14.5. The smallest absolute Gasteiger partial charge is 0.308 e. The summed E-state index contributed by atoms with van der Waals surface area (Å²) < 4.78 is 15.8. The van der Waals surface area contributed by atoms with Crippen molar-refractivity contribution in [2.75, 3.05) is 31.7 Å². The number of rotatable bonds is 6. The van der Waals surface area contributed by atoms with E-state index in [0.29, 0.717) is 43.2 Å². The van der Waals surface area contributed by atoms with Crippen LogP contribution in [0.3, 0.4) is 0 Å². The van der Waals surface area contributed by atoms with Gasteiger partial charge in [-0.3, -0.25) is 24.1 Å². The molecule has 3 amide bonds. The fourth-order valence-corrected chi connectivity index (χ4v) is 3.83. The molecule has 1 N–H and O–H groups in total. The second kappa shape index (κ2) is 8.56. The molecule has 1 fully saturated rings. The van der Waals surface area contributed by atoms with Crippen LogP contribution >= 0.6 is 0 Å². The van der Waals surface area contributed by atoms with Gasteiger partial charge in [-0.15, -0.1) is 0 Å². The Hall–Kier alpha value is -3.36. The quantitative estimate of drug-likeness (QED) is 0.424. The van der Waals surface area contributed by atoms with Crippen LogP contribution < -0.4 is 14.8 Å². The monoisotopic (exact) mass is 414 g/mol. The van der Waals surface area contributed by atoms with Gasteiger partial charge in [-0.1, -0.05) is 12.2 Å². The van der Waals surface area contributed by atoms with Crippen LogP contribution in [0.15, 0.2) is 30.4 Å². The molecule has 0 spiro atoms. The summed E-state index contributed by atoms with van der Waals surface area (Å²) in [6, 6.07) is 4.98. The van der Waals surface area contributed by atoms with Crippen LogP contribution in [0.1, 0.15) is 19.3 Å². The average Bonchev–Trinajstić information content (AvgIpc) is 3.01. The molecular weight excluding hydrogens is 392 g/mol. The van der Waals surface area contributed by atoms with Crippen LogP contribution in [0, 0.1) is 11.8 Å². The fourth-order valence-electron chi connectivity index (χ4n) is 3.83. The number of allylic oxidation sites excluding steroid dienone is 2. The summed E-state index contributed by atoms with van der Waals surface area (Å²) in [7, 11) is 0. The minimum atomic E-state index is -0.652. The zero-order valence-corrected chi connectivity index (χ0v) is 16.3. The predicted octanol–water partition coefficient (Wildman–Crippen LogP) is 1.28. The van der Waals surface area contributed by atoms with Gasteiger partial charge in [0.1, 0.15) is 13.2 Å². The summed E-state index contributed by atoms with van der Waals surface area (Å²) in [5.74, 6) is -1.15. The van der Waals surface area contributed by atoms with E-state index < -0.39 is 18.5 Å². The van der Waals surface area contributed by atoms with Crippen molar-refractivity contribution < 1.29 is 33.4 Å². The van der Waals surface area contributed by atoms with E-state index in [1.165, 1.54) is 0 Å². The molecule has 0 aromatic heterocycles. The molecule has 1 aromatic carbocycles. The number of benzene rings is 1. The molecule has 2 atom stereocenters. The molecule has 158 valence electrons. The van der Waals surface area contributed by atoms with Crippen LogP contribution in [0.4, 0.5) is 5.69 Å². The average molecular weight is 414 g/mol. The van der Waals surface area contributed by atoms with E-state index in [4.69, 9.17) is 14.2 Å². The van der Waals surface area contributed by atoms with Crippen LogP contribution in [0.25, 0.3) is 0 Å². The van der Waals surface area contributed by atoms with Crippen molar-refractivity contribution in [2.45, 2.75) is 19.3 Å². The zero-order valence-electron chi connectivity index (χ0n) is 16.3. The Bertz CT molecular complexity index is 885. The molecule has 2 aliphatic heterocycles. The second-order valence-electron chi connectivity index (χ2n) is 7.30. The van der Waals surface area contributed by atoms with Crippen LogP contribution in [-0.4, -0.2) is 55.0 Å². The molecule has 1 saturated heterocycles. The maximum atomic E-state index is 12.4. The van der Waals surface area contributed by atoms with Gasteiger partial charge in [0.2, 0.25) is 11.8 Å². The Labute approximate surface area is 172 Å². The van der Waals surface area contributed by atoms with Gasteiger partial charge >= 0.3 is 5.97 Å². The van der Waals surface area contributed by atoms with Crippen molar-refractivity contribution in [1.82, 2.24) is 4.90 Å². The lowest BCUT2D eigenvalue weighted by atomic mass is 9.85. The Morgan fingerprint density at radius 3 is 2.40 bits per heavy atom.